The maximum Gasteiger partial charge on any atom is 0.347 e. The Morgan fingerprint density at radius 2 is 1.74 bits per heavy atom. The molecule has 9 heteroatoms. The topological polar surface area (TPSA) is 114 Å². The van der Waals surface area contributed by atoms with Crippen molar-refractivity contribution in [2.45, 2.75) is 59.4 Å². The van der Waals surface area contributed by atoms with E-state index in [1.54, 1.807) is 19.9 Å². The fraction of sp³-hybridized carbons (Fsp3) is 0.455. The molecule has 0 spiro atoms. The van der Waals surface area contributed by atoms with E-state index >= 15 is 0 Å². The maximum absolute atomic E-state index is 13.0. The van der Waals surface area contributed by atoms with E-state index in [4.69, 9.17) is 23.7 Å². The van der Waals surface area contributed by atoms with E-state index in [9.17, 15) is 19.2 Å². The highest BCUT2D eigenvalue weighted by atomic mass is 16.6. The summed E-state index contributed by atoms with van der Waals surface area (Å²) in [4.78, 5) is 49.2. The SMILES string of the molecule is COC1(C)C(OC(C)=O)C(=O)C(C)=C2OC(=O)c3c(C)cc(OC(C)=O)c(C)c3OC21. The monoisotopic (exact) mass is 432 g/mol. The van der Waals surface area contributed by atoms with Crippen molar-refractivity contribution in [2.24, 2.45) is 0 Å². The average molecular weight is 432 g/mol. The molecule has 0 saturated carbocycles. The van der Waals surface area contributed by atoms with Crippen molar-refractivity contribution in [3.63, 3.8) is 0 Å². The summed E-state index contributed by atoms with van der Waals surface area (Å²) in [5, 5.41) is 0. The van der Waals surface area contributed by atoms with E-state index < -0.39 is 41.5 Å². The van der Waals surface area contributed by atoms with E-state index in [1.807, 2.05) is 0 Å². The van der Waals surface area contributed by atoms with Crippen LogP contribution in [0.3, 0.4) is 0 Å². The zero-order chi connectivity index (χ0) is 23.2. The summed E-state index contributed by atoms with van der Waals surface area (Å²) < 4.78 is 28.0. The van der Waals surface area contributed by atoms with Gasteiger partial charge in [-0.15, -0.1) is 0 Å². The molecule has 3 atom stereocenters. The predicted molar refractivity (Wildman–Crippen MR) is 106 cm³/mol. The maximum atomic E-state index is 13.0. The van der Waals surface area contributed by atoms with E-state index in [2.05, 4.69) is 0 Å². The lowest BCUT2D eigenvalue weighted by Crippen LogP contribution is -2.62. The Labute approximate surface area is 179 Å². The van der Waals surface area contributed by atoms with Crippen molar-refractivity contribution in [1.82, 2.24) is 0 Å². The molecule has 1 heterocycles. The van der Waals surface area contributed by atoms with Crippen molar-refractivity contribution in [3.8, 4) is 11.5 Å². The molecule has 3 rings (SSSR count). The van der Waals surface area contributed by atoms with Crippen LogP contribution < -0.4 is 9.47 Å². The van der Waals surface area contributed by atoms with Gasteiger partial charge in [0.1, 0.15) is 17.1 Å². The van der Waals surface area contributed by atoms with Crippen LogP contribution in [0.5, 0.6) is 11.5 Å². The highest BCUT2D eigenvalue weighted by Gasteiger charge is 2.58. The van der Waals surface area contributed by atoms with Gasteiger partial charge in [-0.2, -0.15) is 0 Å². The number of Topliss-reactive ketones (excluding diaryl/α,β-unsaturated/α-hetero) is 1. The van der Waals surface area contributed by atoms with Crippen molar-refractivity contribution in [3.05, 3.63) is 34.1 Å². The minimum absolute atomic E-state index is 0.0215. The van der Waals surface area contributed by atoms with Crippen molar-refractivity contribution in [2.75, 3.05) is 7.11 Å². The molecule has 0 fully saturated rings. The van der Waals surface area contributed by atoms with Gasteiger partial charge in [-0.05, 0) is 39.3 Å². The number of esters is 3. The number of carbonyl (C=O) groups excluding carboxylic acids is 4. The van der Waals surface area contributed by atoms with Crippen LogP contribution in [0.25, 0.3) is 0 Å². The summed E-state index contributed by atoms with van der Waals surface area (Å²) in [6.07, 6.45) is -2.42. The summed E-state index contributed by atoms with van der Waals surface area (Å²) in [5.41, 5.74) is -0.427. The fourth-order valence-electron chi connectivity index (χ4n) is 3.81. The Morgan fingerprint density at radius 3 is 2.29 bits per heavy atom. The standard InChI is InChI=1S/C22H24O9/c1-9-8-14(28-12(4)23)10(2)17-15(9)21(26)31-18-11(3)16(25)19(29-13(5)24)22(6,27-7)20(18)30-17/h8,19-20H,1-7H3. The number of carbonyl (C=O) groups is 4. The number of benzene rings is 1. The van der Waals surface area contributed by atoms with Crippen LogP contribution in [0.1, 0.15) is 49.2 Å². The van der Waals surface area contributed by atoms with Gasteiger partial charge in [-0.3, -0.25) is 14.4 Å². The second kappa shape index (κ2) is 7.81. The lowest BCUT2D eigenvalue weighted by molar-refractivity contribution is -0.187. The number of ketones is 1. The van der Waals surface area contributed by atoms with Gasteiger partial charge in [0.15, 0.2) is 23.6 Å². The van der Waals surface area contributed by atoms with Gasteiger partial charge >= 0.3 is 17.9 Å². The summed E-state index contributed by atoms with van der Waals surface area (Å²) >= 11 is 0. The van der Waals surface area contributed by atoms with Gasteiger partial charge in [0.25, 0.3) is 0 Å². The second-order valence-electron chi connectivity index (χ2n) is 7.73. The molecule has 0 radical (unpaired) electrons. The molecule has 3 unspecified atom stereocenters. The smallest absolute Gasteiger partial charge is 0.347 e. The van der Waals surface area contributed by atoms with E-state index in [0.717, 1.165) is 0 Å². The Kier molecular flexibility index (Phi) is 5.66. The first-order valence-electron chi connectivity index (χ1n) is 9.61. The van der Waals surface area contributed by atoms with Crippen LogP contribution in [-0.2, 0) is 28.6 Å². The van der Waals surface area contributed by atoms with Gasteiger partial charge in [-0.25, -0.2) is 4.79 Å². The third-order valence-corrected chi connectivity index (χ3v) is 5.56. The lowest BCUT2D eigenvalue weighted by Gasteiger charge is -2.43. The molecule has 1 aliphatic heterocycles. The van der Waals surface area contributed by atoms with Gasteiger partial charge in [0, 0.05) is 32.1 Å². The van der Waals surface area contributed by atoms with Crippen molar-refractivity contribution in [1.29, 1.82) is 0 Å². The fourth-order valence-corrected chi connectivity index (χ4v) is 3.81. The van der Waals surface area contributed by atoms with E-state index in [-0.39, 0.29) is 28.4 Å². The number of rotatable bonds is 3. The van der Waals surface area contributed by atoms with Gasteiger partial charge in [0.05, 0.1) is 0 Å². The molecule has 0 N–H and O–H groups in total. The molecule has 0 aromatic heterocycles. The average Bonchev–Trinajstić information content (AvgIpc) is 2.84. The quantitative estimate of drug-likeness (QED) is 0.524. The number of methoxy groups -OCH3 is 1. The summed E-state index contributed by atoms with van der Waals surface area (Å²) in [7, 11) is 1.34. The summed E-state index contributed by atoms with van der Waals surface area (Å²) in [5.74, 6) is -2.15. The molecule has 2 aliphatic rings. The summed E-state index contributed by atoms with van der Waals surface area (Å²) in [6.45, 7) is 8.72. The molecular weight excluding hydrogens is 408 g/mol. The van der Waals surface area contributed by atoms with Crippen LogP contribution in [0.4, 0.5) is 0 Å². The Hall–Kier alpha value is -3.20. The van der Waals surface area contributed by atoms with Crippen molar-refractivity contribution >= 4 is 23.7 Å². The minimum Gasteiger partial charge on any atom is -0.478 e. The van der Waals surface area contributed by atoms with Crippen molar-refractivity contribution < 1.29 is 42.9 Å². The largest absolute Gasteiger partial charge is 0.478 e. The predicted octanol–water partition coefficient (Wildman–Crippen LogP) is 2.34. The number of hydrogen-bond donors (Lipinski definition) is 0. The molecule has 9 nitrogen and oxygen atoms in total. The Morgan fingerprint density at radius 1 is 1.10 bits per heavy atom. The Bertz CT molecular complexity index is 1040. The van der Waals surface area contributed by atoms with E-state index in [1.165, 1.54) is 34.8 Å². The number of aryl methyl sites for hydroxylation is 1. The van der Waals surface area contributed by atoms with Gasteiger partial charge in [-0.1, -0.05) is 0 Å². The first-order chi connectivity index (χ1) is 14.4. The van der Waals surface area contributed by atoms with Crippen LogP contribution >= 0.6 is 0 Å². The second-order valence-corrected chi connectivity index (χ2v) is 7.73. The first kappa shape index (κ1) is 22.5. The summed E-state index contributed by atoms with van der Waals surface area (Å²) in [6, 6.07) is 1.54. The van der Waals surface area contributed by atoms with Crippen LogP contribution in [0, 0.1) is 13.8 Å². The van der Waals surface area contributed by atoms with Crippen LogP contribution in [0.2, 0.25) is 0 Å². The Balaban J connectivity index is 2.25. The van der Waals surface area contributed by atoms with Gasteiger partial charge < -0.3 is 23.7 Å². The van der Waals surface area contributed by atoms with E-state index in [0.29, 0.717) is 11.1 Å². The molecule has 0 amide bonds. The molecule has 0 bridgehead atoms. The van der Waals surface area contributed by atoms with Gasteiger partial charge in [0.2, 0.25) is 5.78 Å². The number of hydrogen-bond acceptors (Lipinski definition) is 9. The molecule has 31 heavy (non-hydrogen) atoms. The third-order valence-electron chi connectivity index (χ3n) is 5.56. The lowest BCUT2D eigenvalue weighted by atomic mass is 9.79. The van der Waals surface area contributed by atoms with Crippen LogP contribution in [-0.4, -0.2) is 48.6 Å². The number of ether oxygens (including phenoxy) is 5. The minimum atomic E-state index is -1.50. The molecule has 1 aromatic rings. The molecular formula is C22H24O9. The molecule has 1 aliphatic carbocycles. The zero-order valence-electron chi connectivity index (χ0n) is 18.4. The highest BCUT2D eigenvalue weighted by molar-refractivity contribution is 6.03. The third kappa shape index (κ3) is 3.59. The normalized spacial score (nSPS) is 25.0. The zero-order valence-corrected chi connectivity index (χ0v) is 18.4. The first-order valence-corrected chi connectivity index (χ1v) is 9.61. The van der Waals surface area contributed by atoms with Crippen LogP contribution in [0.15, 0.2) is 17.4 Å². The molecule has 166 valence electrons. The number of fused-ring (bicyclic) bond motifs is 2. The molecule has 1 aromatic carbocycles. The molecule has 0 saturated heterocycles. The highest BCUT2D eigenvalue weighted by Crippen LogP contribution is 2.45.